The maximum absolute atomic E-state index is 13.6. The lowest BCUT2D eigenvalue weighted by Gasteiger charge is -2.34. The molecule has 30 heavy (non-hydrogen) atoms. The summed E-state index contributed by atoms with van der Waals surface area (Å²) in [4.78, 5) is 26.1. The summed E-state index contributed by atoms with van der Waals surface area (Å²) in [6.45, 7) is 4.28. The zero-order valence-electron chi connectivity index (χ0n) is 16.9. The van der Waals surface area contributed by atoms with Gasteiger partial charge >= 0.3 is 0 Å². The van der Waals surface area contributed by atoms with Crippen LogP contribution in [0, 0.1) is 19.7 Å². The van der Waals surface area contributed by atoms with E-state index in [9.17, 15) is 22.4 Å². The Morgan fingerprint density at radius 1 is 1.00 bits per heavy atom. The fourth-order valence-electron chi connectivity index (χ4n) is 3.21. The molecule has 1 N–H and O–H groups in total. The van der Waals surface area contributed by atoms with Gasteiger partial charge in [-0.05, 0) is 49.2 Å². The van der Waals surface area contributed by atoms with Crippen molar-refractivity contribution < 1.29 is 22.4 Å². The molecule has 0 radical (unpaired) electrons. The maximum atomic E-state index is 13.6. The number of hydrogen-bond donors (Lipinski definition) is 1. The number of hydrogen-bond acceptors (Lipinski definition) is 4. The van der Waals surface area contributed by atoms with Crippen molar-refractivity contribution >= 4 is 21.8 Å². The summed E-state index contributed by atoms with van der Waals surface area (Å²) in [6, 6.07) is 10.5. The molecule has 2 amide bonds. The predicted octanol–water partition coefficient (Wildman–Crippen LogP) is 1.71. The standard InChI is InChI=1S/C21H24FN3O4S/c1-15-7-8-17(13-16(15)2)30(28,29)25-11-9-24(10-12-25)20(26)14-23-21(27)18-5-3-4-6-19(18)22/h3-8,13H,9-12,14H2,1-2H3,(H,23,27). The first kappa shape index (κ1) is 21.9. The lowest BCUT2D eigenvalue weighted by molar-refractivity contribution is -0.131. The van der Waals surface area contributed by atoms with Crippen molar-refractivity contribution in [3.05, 3.63) is 65.0 Å². The highest BCUT2D eigenvalue weighted by Gasteiger charge is 2.30. The van der Waals surface area contributed by atoms with Gasteiger partial charge in [-0.2, -0.15) is 4.31 Å². The topological polar surface area (TPSA) is 86.8 Å². The van der Waals surface area contributed by atoms with Gasteiger partial charge in [0.15, 0.2) is 0 Å². The van der Waals surface area contributed by atoms with Crippen LogP contribution in [0.2, 0.25) is 0 Å². The molecule has 0 aliphatic carbocycles. The van der Waals surface area contributed by atoms with E-state index in [4.69, 9.17) is 0 Å². The van der Waals surface area contributed by atoms with Crippen molar-refractivity contribution in [1.29, 1.82) is 0 Å². The SMILES string of the molecule is Cc1ccc(S(=O)(=O)N2CCN(C(=O)CNC(=O)c3ccccc3F)CC2)cc1C. The second kappa shape index (κ2) is 8.93. The molecule has 0 saturated carbocycles. The van der Waals surface area contributed by atoms with E-state index in [2.05, 4.69) is 5.32 Å². The molecule has 0 bridgehead atoms. The molecule has 0 spiro atoms. The largest absolute Gasteiger partial charge is 0.343 e. The first-order chi connectivity index (χ1) is 14.2. The van der Waals surface area contributed by atoms with Crippen LogP contribution in [0.25, 0.3) is 0 Å². The second-order valence-electron chi connectivity index (χ2n) is 7.19. The maximum Gasteiger partial charge on any atom is 0.254 e. The van der Waals surface area contributed by atoms with Crippen molar-refractivity contribution in [3.63, 3.8) is 0 Å². The molecule has 0 aromatic heterocycles. The van der Waals surface area contributed by atoms with E-state index in [0.29, 0.717) is 0 Å². The number of carbonyl (C=O) groups is 2. The van der Waals surface area contributed by atoms with Gasteiger partial charge in [0.1, 0.15) is 5.82 Å². The van der Waals surface area contributed by atoms with Gasteiger partial charge in [-0.3, -0.25) is 9.59 Å². The van der Waals surface area contributed by atoms with Crippen LogP contribution < -0.4 is 5.32 Å². The summed E-state index contributed by atoms with van der Waals surface area (Å²) >= 11 is 0. The minimum absolute atomic E-state index is 0.130. The molecule has 0 unspecified atom stereocenters. The number of halogens is 1. The van der Waals surface area contributed by atoms with Gasteiger partial charge in [0.05, 0.1) is 17.0 Å². The van der Waals surface area contributed by atoms with Crippen LogP contribution in [0.5, 0.6) is 0 Å². The van der Waals surface area contributed by atoms with E-state index in [1.165, 1.54) is 33.5 Å². The van der Waals surface area contributed by atoms with E-state index < -0.39 is 21.7 Å². The summed E-state index contributed by atoms with van der Waals surface area (Å²) in [5, 5.41) is 2.41. The number of aryl methyl sites for hydroxylation is 2. The zero-order valence-corrected chi connectivity index (χ0v) is 17.7. The number of nitrogens with zero attached hydrogens (tertiary/aromatic N) is 2. The Morgan fingerprint density at radius 3 is 2.30 bits per heavy atom. The smallest absolute Gasteiger partial charge is 0.254 e. The second-order valence-corrected chi connectivity index (χ2v) is 9.13. The highest BCUT2D eigenvalue weighted by Crippen LogP contribution is 2.20. The van der Waals surface area contributed by atoms with Gasteiger partial charge in [0, 0.05) is 26.2 Å². The molecule has 1 heterocycles. The van der Waals surface area contributed by atoms with Gasteiger partial charge in [-0.25, -0.2) is 12.8 Å². The van der Waals surface area contributed by atoms with E-state index in [-0.39, 0.29) is 49.1 Å². The summed E-state index contributed by atoms with van der Waals surface area (Å²) in [7, 11) is -3.63. The molecule has 1 aliphatic rings. The van der Waals surface area contributed by atoms with Crippen molar-refractivity contribution in [1.82, 2.24) is 14.5 Å². The van der Waals surface area contributed by atoms with Crippen molar-refractivity contribution in [2.24, 2.45) is 0 Å². The van der Waals surface area contributed by atoms with Crippen molar-refractivity contribution in [3.8, 4) is 0 Å². The van der Waals surface area contributed by atoms with Crippen LogP contribution >= 0.6 is 0 Å². The van der Waals surface area contributed by atoms with Crippen LogP contribution in [0.3, 0.4) is 0 Å². The predicted molar refractivity (Wildman–Crippen MR) is 110 cm³/mol. The Hall–Kier alpha value is -2.78. The van der Waals surface area contributed by atoms with Crippen LogP contribution in [0.15, 0.2) is 47.4 Å². The molecule has 0 atom stereocenters. The van der Waals surface area contributed by atoms with Gasteiger partial charge in [0.2, 0.25) is 15.9 Å². The Bertz CT molecular complexity index is 1060. The lowest BCUT2D eigenvalue weighted by atomic mass is 10.1. The highest BCUT2D eigenvalue weighted by molar-refractivity contribution is 7.89. The van der Waals surface area contributed by atoms with Crippen molar-refractivity contribution in [2.75, 3.05) is 32.7 Å². The number of benzene rings is 2. The zero-order chi connectivity index (χ0) is 21.9. The van der Waals surface area contributed by atoms with E-state index in [1.807, 2.05) is 13.8 Å². The Kier molecular flexibility index (Phi) is 6.52. The number of nitrogens with one attached hydrogen (secondary N) is 1. The van der Waals surface area contributed by atoms with Crippen LogP contribution in [0.1, 0.15) is 21.5 Å². The first-order valence-corrected chi connectivity index (χ1v) is 11.0. The fourth-order valence-corrected chi connectivity index (χ4v) is 4.72. The van der Waals surface area contributed by atoms with E-state index in [1.54, 1.807) is 18.2 Å². The number of rotatable bonds is 5. The Morgan fingerprint density at radius 2 is 1.67 bits per heavy atom. The van der Waals surface area contributed by atoms with Crippen LogP contribution in [0.4, 0.5) is 4.39 Å². The summed E-state index contributed by atoms with van der Waals surface area (Å²) in [5.41, 5.74) is 1.78. The molecule has 2 aromatic carbocycles. The number of carbonyl (C=O) groups excluding carboxylic acids is 2. The highest BCUT2D eigenvalue weighted by atomic mass is 32.2. The van der Waals surface area contributed by atoms with Crippen LogP contribution in [-0.4, -0.2) is 62.2 Å². The quantitative estimate of drug-likeness (QED) is 0.778. The molecule has 3 rings (SSSR count). The average molecular weight is 434 g/mol. The van der Waals surface area contributed by atoms with E-state index in [0.717, 1.165) is 11.1 Å². The molecule has 7 nitrogen and oxygen atoms in total. The van der Waals surface area contributed by atoms with Gasteiger partial charge in [-0.15, -0.1) is 0 Å². The fraction of sp³-hybridized carbons (Fsp3) is 0.333. The molecular formula is C21H24FN3O4S. The van der Waals surface area contributed by atoms with E-state index >= 15 is 0 Å². The Balaban J connectivity index is 1.55. The average Bonchev–Trinajstić information content (AvgIpc) is 2.74. The molecule has 2 aromatic rings. The van der Waals surface area contributed by atoms with Crippen LogP contribution in [-0.2, 0) is 14.8 Å². The summed E-state index contributed by atoms with van der Waals surface area (Å²) in [5.74, 6) is -1.67. The summed E-state index contributed by atoms with van der Waals surface area (Å²) in [6.07, 6.45) is 0. The molecule has 9 heteroatoms. The number of amides is 2. The lowest BCUT2D eigenvalue weighted by Crippen LogP contribution is -2.52. The first-order valence-electron chi connectivity index (χ1n) is 9.58. The minimum atomic E-state index is -3.63. The number of piperazine rings is 1. The number of sulfonamides is 1. The normalized spacial score (nSPS) is 15.1. The van der Waals surface area contributed by atoms with Gasteiger partial charge in [0.25, 0.3) is 5.91 Å². The van der Waals surface area contributed by atoms with Gasteiger partial charge < -0.3 is 10.2 Å². The molecule has 1 saturated heterocycles. The molecular weight excluding hydrogens is 409 g/mol. The Labute approximate surface area is 175 Å². The van der Waals surface area contributed by atoms with Crippen molar-refractivity contribution in [2.45, 2.75) is 18.7 Å². The van der Waals surface area contributed by atoms with Gasteiger partial charge in [-0.1, -0.05) is 18.2 Å². The third kappa shape index (κ3) is 4.68. The molecule has 1 fully saturated rings. The molecule has 160 valence electrons. The third-order valence-corrected chi connectivity index (χ3v) is 7.12. The minimum Gasteiger partial charge on any atom is -0.343 e. The molecule has 1 aliphatic heterocycles. The monoisotopic (exact) mass is 433 g/mol. The summed E-state index contributed by atoms with van der Waals surface area (Å²) < 4.78 is 40.7. The third-order valence-electron chi connectivity index (χ3n) is 5.23.